The maximum atomic E-state index is 12.5. The molecular weight excluding hydrogens is 392 g/mol. The summed E-state index contributed by atoms with van der Waals surface area (Å²) in [6, 6.07) is 9.58. The predicted molar refractivity (Wildman–Crippen MR) is 108 cm³/mol. The normalized spacial score (nSPS) is 16.2. The van der Waals surface area contributed by atoms with Crippen LogP contribution in [0.3, 0.4) is 0 Å². The third-order valence-corrected chi connectivity index (χ3v) is 5.93. The molecule has 1 aliphatic rings. The van der Waals surface area contributed by atoms with E-state index in [9.17, 15) is 19.6 Å². The number of hydrogen-bond acceptors (Lipinski definition) is 6. The maximum Gasteiger partial charge on any atom is 0.312 e. The molecule has 2 unspecified atom stereocenters. The fourth-order valence-corrected chi connectivity index (χ4v) is 4.65. The fourth-order valence-electron chi connectivity index (χ4n) is 3.32. The first-order chi connectivity index (χ1) is 13.9. The van der Waals surface area contributed by atoms with Gasteiger partial charge in [-0.25, -0.2) is 4.79 Å². The Bertz CT molecular complexity index is 982. The molecule has 0 fully saturated rings. The molecule has 0 saturated carbocycles. The number of urea groups is 1. The summed E-state index contributed by atoms with van der Waals surface area (Å²) in [7, 11) is 0. The molecule has 1 aliphatic heterocycles. The Morgan fingerprint density at radius 2 is 2.00 bits per heavy atom. The third kappa shape index (κ3) is 4.37. The van der Waals surface area contributed by atoms with Crippen molar-refractivity contribution in [2.24, 2.45) is 17.4 Å². The van der Waals surface area contributed by atoms with Gasteiger partial charge >= 0.3 is 6.03 Å². The van der Waals surface area contributed by atoms with E-state index in [1.54, 1.807) is 24.3 Å². The Morgan fingerprint density at radius 3 is 2.62 bits per heavy atom. The van der Waals surface area contributed by atoms with Crippen molar-refractivity contribution in [3.8, 4) is 6.07 Å². The summed E-state index contributed by atoms with van der Waals surface area (Å²) in [5.41, 5.74) is 12.3. The van der Waals surface area contributed by atoms with Crippen LogP contribution in [0.25, 0.3) is 0 Å². The van der Waals surface area contributed by atoms with Crippen LogP contribution >= 0.6 is 11.3 Å². The summed E-state index contributed by atoms with van der Waals surface area (Å²) < 4.78 is 0. The summed E-state index contributed by atoms with van der Waals surface area (Å²) >= 11 is 1.23. The number of amides is 4. The van der Waals surface area contributed by atoms with Crippen molar-refractivity contribution in [2.45, 2.75) is 12.5 Å². The van der Waals surface area contributed by atoms with Gasteiger partial charge in [-0.1, -0.05) is 18.2 Å². The summed E-state index contributed by atoms with van der Waals surface area (Å²) in [6.45, 7) is 0.489. The Hall–Kier alpha value is -3.42. The van der Waals surface area contributed by atoms with Gasteiger partial charge in [0.25, 0.3) is 5.91 Å². The molecule has 0 radical (unpaired) electrons. The quantitative estimate of drug-likeness (QED) is 0.474. The molecule has 150 valence electrons. The van der Waals surface area contributed by atoms with Gasteiger partial charge in [-0.05, 0) is 30.7 Å². The van der Waals surface area contributed by atoms with Crippen LogP contribution in [0, 0.1) is 17.2 Å². The molecule has 7 N–H and O–H groups in total. The molecule has 1 aromatic carbocycles. The lowest BCUT2D eigenvalue weighted by molar-refractivity contribution is -0.122. The lowest BCUT2D eigenvalue weighted by Gasteiger charge is -2.29. The van der Waals surface area contributed by atoms with E-state index in [2.05, 4.69) is 22.0 Å². The second kappa shape index (κ2) is 8.72. The Labute approximate surface area is 171 Å². The highest BCUT2D eigenvalue weighted by molar-refractivity contribution is 7.16. The van der Waals surface area contributed by atoms with Gasteiger partial charge in [0, 0.05) is 17.0 Å². The number of hydrogen-bond donors (Lipinski definition) is 5. The molecule has 10 heteroatoms. The van der Waals surface area contributed by atoms with E-state index in [-0.39, 0.29) is 12.5 Å². The van der Waals surface area contributed by atoms with Crippen LogP contribution in [0.15, 0.2) is 30.3 Å². The SMILES string of the molecule is N#Cc1c(NC(=O)c2ccccc2)sc2c1CCNC2C(CNC(N)=O)C(N)=O. The van der Waals surface area contributed by atoms with E-state index in [1.165, 1.54) is 11.3 Å². The van der Waals surface area contributed by atoms with Crippen LogP contribution in [0.5, 0.6) is 0 Å². The molecule has 3 rings (SSSR count). The third-order valence-electron chi connectivity index (χ3n) is 4.70. The monoisotopic (exact) mass is 412 g/mol. The molecule has 0 aliphatic carbocycles. The van der Waals surface area contributed by atoms with Crippen LogP contribution in [-0.4, -0.2) is 30.9 Å². The van der Waals surface area contributed by atoms with Crippen molar-refractivity contribution in [1.82, 2.24) is 10.6 Å². The number of nitrogens with zero attached hydrogens (tertiary/aromatic N) is 1. The number of carbonyl (C=O) groups excluding carboxylic acids is 3. The number of thiophene rings is 1. The van der Waals surface area contributed by atoms with Crippen LogP contribution in [0.1, 0.15) is 32.4 Å². The van der Waals surface area contributed by atoms with Gasteiger partial charge in [-0.3, -0.25) is 9.59 Å². The molecule has 2 aromatic rings. The number of carbonyl (C=O) groups is 3. The van der Waals surface area contributed by atoms with Gasteiger partial charge in [-0.2, -0.15) is 5.26 Å². The van der Waals surface area contributed by atoms with Crippen molar-refractivity contribution < 1.29 is 14.4 Å². The Balaban J connectivity index is 1.93. The molecule has 2 atom stereocenters. The lowest BCUT2D eigenvalue weighted by atomic mass is 9.90. The minimum Gasteiger partial charge on any atom is -0.369 e. The van der Waals surface area contributed by atoms with Gasteiger partial charge in [0.2, 0.25) is 5.91 Å². The zero-order valence-corrected chi connectivity index (χ0v) is 16.2. The molecular formula is C19H20N6O3S. The van der Waals surface area contributed by atoms with Gasteiger partial charge < -0.3 is 27.4 Å². The van der Waals surface area contributed by atoms with E-state index in [1.807, 2.05) is 6.07 Å². The van der Waals surface area contributed by atoms with E-state index < -0.39 is 23.9 Å². The van der Waals surface area contributed by atoms with E-state index in [0.717, 1.165) is 10.4 Å². The largest absolute Gasteiger partial charge is 0.369 e. The first-order valence-corrected chi connectivity index (χ1v) is 9.72. The average molecular weight is 412 g/mol. The number of benzene rings is 1. The number of primary amides is 2. The number of rotatable bonds is 6. The summed E-state index contributed by atoms with van der Waals surface area (Å²) in [4.78, 5) is 36.3. The maximum absolute atomic E-state index is 12.5. The van der Waals surface area contributed by atoms with Gasteiger partial charge in [0.05, 0.1) is 17.5 Å². The molecule has 9 nitrogen and oxygen atoms in total. The highest BCUT2D eigenvalue weighted by atomic mass is 32.1. The van der Waals surface area contributed by atoms with Crippen molar-refractivity contribution in [3.05, 3.63) is 51.9 Å². The topological polar surface area (TPSA) is 163 Å². The molecule has 2 heterocycles. The lowest BCUT2D eigenvalue weighted by Crippen LogP contribution is -2.46. The molecule has 29 heavy (non-hydrogen) atoms. The number of nitrogens with one attached hydrogen (secondary N) is 3. The number of anilines is 1. The summed E-state index contributed by atoms with van der Waals surface area (Å²) in [5, 5.41) is 18.5. The molecule has 1 aromatic heterocycles. The average Bonchev–Trinajstić information content (AvgIpc) is 3.06. The molecule has 0 bridgehead atoms. The number of nitrogens with two attached hydrogens (primary N) is 2. The van der Waals surface area contributed by atoms with Crippen molar-refractivity contribution in [3.63, 3.8) is 0 Å². The first kappa shape index (κ1) is 20.3. The molecule has 0 saturated heterocycles. The number of fused-ring (bicyclic) bond motifs is 1. The van der Waals surface area contributed by atoms with Gasteiger partial charge in [-0.15, -0.1) is 11.3 Å². The Morgan fingerprint density at radius 1 is 1.28 bits per heavy atom. The highest BCUT2D eigenvalue weighted by Crippen LogP contribution is 2.41. The van der Waals surface area contributed by atoms with Crippen LogP contribution in [-0.2, 0) is 11.2 Å². The summed E-state index contributed by atoms with van der Waals surface area (Å²) in [5.74, 6) is -1.69. The van der Waals surface area contributed by atoms with Gasteiger partial charge in [0.15, 0.2) is 0 Å². The predicted octanol–water partition coefficient (Wildman–Crippen LogP) is 0.829. The van der Waals surface area contributed by atoms with Crippen molar-refractivity contribution in [1.29, 1.82) is 5.26 Å². The summed E-state index contributed by atoms with van der Waals surface area (Å²) in [6.07, 6.45) is 0.571. The van der Waals surface area contributed by atoms with E-state index in [0.29, 0.717) is 29.1 Å². The van der Waals surface area contributed by atoms with Crippen LogP contribution in [0.2, 0.25) is 0 Å². The van der Waals surface area contributed by atoms with E-state index in [4.69, 9.17) is 11.5 Å². The van der Waals surface area contributed by atoms with Crippen molar-refractivity contribution in [2.75, 3.05) is 18.4 Å². The van der Waals surface area contributed by atoms with Gasteiger partial charge in [0.1, 0.15) is 11.1 Å². The van der Waals surface area contributed by atoms with E-state index >= 15 is 0 Å². The first-order valence-electron chi connectivity index (χ1n) is 8.90. The minimum atomic E-state index is -0.760. The second-order valence-corrected chi connectivity index (χ2v) is 7.57. The molecule has 4 amide bonds. The van der Waals surface area contributed by atoms with Crippen molar-refractivity contribution >= 4 is 34.2 Å². The Kier molecular flexibility index (Phi) is 6.11. The second-order valence-electron chi connectivity index (χ2n) is 6.52. The van der Waals surface area contributed by atoms with Crippen LogP contribution in [0.4, 0.5) is 9.80 Å². The fraction of sp³-hybridized carbons (Fsp3) is 0.263. The standard InChI is InChI=1S/C19H20N6O3S/c20-8-12-11-6-7-23-14(13(16(21)26)9-24-19(22)28)15(11)29-18(12)25-17(27)10-4-2-1-3-5-10/h1-5,13-14,23H,6-7,9H2,(H2,21,26)(H,25,27)(H3,22,24,28). The molecule has 0 spiro atoms. The van der Waals surface area contributed by atoms with Crippen LogP contribution < -0.4 is 27.4 Å². The minimum absolute atomic E-state index is 0.0345. The zero-order chi connectivity index (χ0) is 21.0. The zero-order valence-electron chi connectivity index (χ0n) is 15.4. The highest BCUT2D eigenvalue weighted by Gasteiger charge is 2.35. The number of nitriles is 1. The smallest absolute Gasteiger partial charge is 0.312 e.